The van der Waals surface area contributed by atoms with Gasteiger partial charge in [-0.2, -0.15) is 0 Å². The molecule has 1 atom stereocenters. The molecule has 2 N–H and O–H groups in total. The van der Waals surface area contributed by atoms with Gasteiger partial charge in [-0.15, -0.1) is 0 Å². The van der Waals surface area contributed by atoms with Crippen molar-refractivity contribution in [1.82, 2.24) is 20.4 Å². The van der Waals surface area contributed by atoms with E-state index in [1.54, 1.807) is 0 Å². The van der Waals surface area contributed by atoms with Crippen LogP contribution >= 0.6 is 0 Å². The summed E-state index contributed by atoms with van der Waals surface area (Å²) in [5, 5.41) is 7.11. The number of furan rings is 1. The second-order valence-electron chi connectivity index (χ2n) is 8.09. The summed E-state index contributed by atoms with van der Waals surface area (Å²) in [6.45, 7) is 14.9. The second-order valence-corrected chi connectivity index (χ2v) is 8.09. The van der Waals surface area contributed by atoms with Gasteiger partial charge < -0.3 is 24.7 Å². The van der Waals surface area contributed by atoms with Gasteiger partial charge in [-0.25, -0.2) is 0 Å². The van der Waals surface area contributed by atoms with Crippen LogP contribution in [0.25, 0.3) is 0 Å². The van der Waals surface area contributed by atoms with Crippen molar-refractivity contribution in [2.75, 3.05) is 59.0 Å². The highest BCUT2D eigenvalue weighted by atomic mass is 16.5. The van der Waals surface area contributed by atoms with E-state index in [0.717, 1.165) is 50.3 Å². The molecule has 2 aliphatic rings. The summed E-state index contributed by atoms with van der Waals surface area (Å²) in [6, 6.07) is 4.78. The van der Waals surface area contributed by atoms with Gasteiger partial charge >= 0.3 is 0 Å². The number of hydrogen-bond donors (Lipinski definition) is 2. The molecular formula is C22H39N5O2. The fourth-order valence-electron chi connectivity index (χ4n) is 4.22. The van der Waals surface area contributed by atoms with Crippen LogP contribution in [0.3, 0.4) is 0 Å². The minimum Gasteiger partial charge on any atom is -0.465 e. The first-order valence-corrected chi connectivity index (χ1v) is 11.3. The number of likely N-dealkylation sites (tertiary alicyclic amines) is 1. The van der Waals surface area contributed by atoms with E-state index in [0.29, 0.717) is 12.6 Å². The number of hydrogen-bond acceptors (Lipinski definition) is 5. The number of ether oxygens (including phenoxy) is 1. The number of piperidine rings is 1. The van der Waals surface area contributed by atoms with Crippen molar-refractivity contribution in [3.63, 3.8) is 0 Å². The zero-order valence-electron chi connectivity index (χ0n) is 18.5. The van der Waals surface area contributed by atoms with Crippen LogP contribution in [0.4, 0.5) is 0 Å². The fraction of sp³-hybridized carbons (Fsp3) is 0.773. The van der Waals surface area contributed by atoms with Crippen molar-refractivity contribution in [3.8, 4) is 0 Å². The average Bonchev–Trinajstić information content (AvgIpc) is 3.17. The summed E-state index contributed by atoms with van der Waals surface area (Å²) in [7, 11) is 0. The molecule has 3 heterocycles. The Kier molecular flexibility index (Phi) is 8.83. The van der Waals surface area contributed by atoms with Crippen LogP contribution in [0.2, 0.25) is 0 Å². The molecule has 0 aliphatic carbocycles. The van der Waals surface area contributed by atoms with Gasteiger partial charge in [-0.1, -0.05) is 6.92 Å². The molecule has 1 aromatic heterocycles. The van der Waals surface area contributed by atoms with Crippen molar-refractivity contribution in [2.45, 2.75) is 52.1 Å². The van der Waals surface area contributed by atoms with Gasteiger partial charge in [-0.3, -0.25) is 9.89 Å². The maximum Gasteiger partial charge on any atom is 0.191 e. The van der Waals surface area contributed by atoms with Gasteiger partial charge in [0.1, 0.15) is 11.5 Å². The summed E-state index contributed by atoms with van der Waals surface area (Å²) >= 11 is 0. The molecule has 7 heteroatoms. The van der Waals surface area contributed by atoms with Crippen LogP contribution in [0, 0.1) is 6.92 Å². The number of morpholine rings is 1. The van der Waals surface area contributed by atoms with E-state index in [2.05, 4.69) is 40.3 Å². The van der Waals surface area contributed by atoms with Crippen molar-refractivity contribution < 1.29 is 9.15 Å². The minimum atomic E-state index is 0.148. The van der Waals surface area contributed by atoms with Crippen molar-refractivity contribution in [2.24, 2.45) is 4.99 Å². The van der Waals surface area contributed by atoms with Crippen LogP contribution < -0.4 is 10.6 Å². The highest BCUT2D eigenvalue weighted by Crippen LogP contribution is 2.24. The Morgan fingerprint density at radius 1 is 1.17 bits per heavy atom. The predicted molar refractivity (Wildman–Crippen MR) is 117 cm³/mol. The smallest absolute Gasteiger partial charge is 0.191 e. The third-order valence-electron chi connectivity index (χ3n) is 5.81. The number of guanidine groups is 1. The molecule has 0 amide bonds. The molecule has 0 aromatic carbocycles. The zero-order chi connectivity index (χ0) is 20.5. The molecule has 0 saturated carbocycles. The topological polar surface area (TPSA) is 65.3 Å². The first kappa shape index (κ1) is 22.1. The summed E-state index contributed by atoms with van der Waals surface area (Å²) in [5.41, 5.74) is 0. The Morgan fingerprint density at radius 2 is 1.93 bits per heavy atom. The molecule has 164 valence electrons. The van der Waals surface area contributed by atoms with E-state index < -0.39 is 0 Å². The molecule has 0 radical (unpaired) electrons. The first-order valence-electron chi connectivity index (χ1n) is 11.3. The normalized spacial score (nSPS) is 21.3. The fourth-order valence-corrected chi connectivity index (χ4v) is 4.22. The predicted octanol–water partition coefficient (Wildman–Crippen LogP) is 2.39. The molecule has 3 rings (SSSR count). The van der Waals surface area contributed by atoms with Crippen LogP contribution in [0.15, 0.2) is 21.5 Å². The van der Waals surface area contributed by atoms with E-state index in [1.807, 2.05) is 13.0 Å². The Hall–Kier alpha value is -1.57. The van der Waals surface area contributed by atoms with Crippen LogP contribution in [-0.2, 0) is 4.74 Å². The van der Waals surface area contributed by atoms with Gasteiger partial charge in [0.15, 0.2) is 5.96 Å². The highest BCUT2D eigenvalue weighted by molar-refractivity contribution is 5.80. The molecule has 7 nitrogen and oxygen atoms in total. The average molecular weight is 406 g/mol. The van der Waals surface area contributed by atoms with Gasteiger partial charge in [0.25, 0.3) is 0 Å². The standard InChI is InChI=1S/C22H39N5O2/c1-4-10-26-11-8-19(9-12-26)25-22(23-5-2)24-17-20(21-7-6-18(3)29-21)27-13-15-28-16-14-27/h6-7,19-20H,4-5,8-17H2,1-3H3,(H2,23,24,25). The molecule has 1 aromatic rings. The maximum absolute atomic E-state index is 5.98. The lowest BCUT2D eigenvalue weighted by atomic mass is 10.1. The Labute approximate surface area is 175 Å². The molecule has 1 unspecified atom stereocenters. The maximum atomic E-state index is 5.98. The number of aryl methyl sites for hydroxylation is 1. The quantitative estimate of drug-likeness (QED) is 0.511. The lowest BCUT2D eigenvalue weighted by Gasteiger charge is -2.34. The summed E-state index contributed by atoms with van der Waals surface area (Å²) < 4.78 is 11.5. The van der Waals surface area contributed by atoms with E-state index in [4.69, 9.17) is 14.1 Å². The van der Waals surface area contributed by atoms with E-state index in [9.17, 15) is 0 Å². The van der Waals surface area contributed by atoms with Crippen molar-refractivity contribution >= 4 is 5.96 Å². The summed E-state index contributed by atoms with van der Waals surface area (Å²) in [4.78, 5) is 9.96. The van der Waals surface area contributed by atoms with Gasteiger partial charge in [0.2, 0.25) is 0 Å². The largest absolute Gasteiger partial charge is 0.465 e. The Bertz CT molecular complexity index is 618. The van der Waals surface area contributed by atoms with Gasteiger partial charge in [0, 0.05) is 38.8 Å². The highest BCUT2D eigenvalue weighted by Gasteiger charge is 2.25. The first-order chi connectivity index (χ1) is 14.2. The van der Waals surface area contributed by atoms with E-state index >= 15 is 0 Å². The molecule has 2 aliphatic heterocycles. The van der Waals surface area contributed by atoms with Gasteiger partial charge in [0.05, 0.1) is 25.8 Å². The van der Waals surface area contributed by atoms with Crippen LogP contribution in [-0.4, -0.2) is 80.8 Å². The van der Waals surface area contributed by atoms with Crippen molar-refractivity contribution in [1.29, 1.82) is 0 Å². The van der Waals surface area contributed by atoms with Crippen LogP contribution in [0.5, 0.6) is 0 Å². The SMILES string of the molecule is CCCN1CCC(NC(=NCC(c2ccc(C)o2)N2CCOCC2)NCC)CC1. The second kappa shape index (κ2) is 11.6. The monoisotopic (exact) mass is 405 g/mol. The number of nitrogens with zero attached hydrogens (tertiary/aromatic N) is 3. The van der Waals surface area contributed by atoms with Gasteiger partial charge in [-0.05, 0) is 51.8 Å². The molecule has 0 spiro atoms. The van der Waals surface area contributed by atoms with E-state index in [-0.39, 0.29) is 6.04 Å². The molecule has 2 fully saturated rings. The number of aliphatic imine (C=N–C) groups is 1. The third kappa shape index (κ3) is 6.73. The molecule has 29 heavy (non-hydrogen) atoms. The zero-order valence-corrected chi connectivity index (χ0v) is 18.5. The lowest BCUT2D eigenvalue weighted by molar-refractivity contribution is 0.0135. The van der Waals surface area contributed by atoms with E-state index in [1.165, 1.54) is 38.9 Å². The molecule has 0 bridgehead atoms. The summed E-state index contributed by atoms with van der Waals surface area (Å²) in [6.07, 6.45) is 3.58. The number of nitrogens with one attached hydrogen (secondary N) is 2. The van der Waals surface area contributed by atoms with Crippen molar-refractivity contribution in [3.05, 3.63) is 23.7 Å². The number of rotatable bonds is 8. The minimum absolute atomic E-state index is 0.148. The third-order valence-corrected chi connectivity index (χ3v) is 5.81. The Balaban J connectivity index is 1.62. The lowest BCUT2D eigenvalue weighted by Crippen LogP contribution is -2.49. The molecular weight excluding hydrogens is 366 g/mol. The van der Waals surface area contributed by atoms with Crippen LogP contribution in [0.1, 0.15) is 50.7 Å². The molecule has 2 saturated heterocycles. The Morgan fingerprint density at radius 3 is 2.55 bits per heavy atom. The summed E-state index contributed by atoms with van der Waals surface area (Å²) in [5.74, 6) is 2.87.